The number of carbonyl (C=O) groups is 2. The Hall–Kier alpha value is -2.24. The first-order chi connectivity index (χ1) is 10.1. The van der Waals surface area contributed by atoms with Crippen molar-refractivity contribution in [1.29, 1.82) is 0 Å². The molecule has 6 heteroatoms. The van der Waals surface area contributed by atoms with Crippen molar-refractivity contribution >= 4 is 17.5 Å². The molecule has 0 aliphatic carbocycles. The van der Waals surface area contributed by atoms with Crippen LogP contribution in [0.3, 0.4) is 0 Å². The normalized spacial score (nSPS) is 9.86. The van der Waals surface area contributed by atoms with Crippen LogP contribution in [-0.2, 0) is 9.59 Å². The second-order valence-corrected chi connectivity index (χ2v) is 4.50. The Morgan fingerprint density at radius 3 is 2.43 bits per heavy atom. The summed E-state index contributed by atoms with van der Waals surface area (Å²) in [6, 6.07) is 5.02. The lowest BCUT2D eigenvalue weighted by Gasteiger charge is -2.10. The Balaban J connectivity index is 2.53. The van der Waals surface area contributed by atoms with Crippen LogP contribution in [-0.4, -0.2) is 32.6 Å². The molecule has 0 unspecified atom stereocenters. The van der Waals surface area contributed by atoms with Gasteiger partial charge in [0.1, 0.15) is 6.42 Å². The first kappa shape index (κ1) is 16.8. The van der Waals surface area contributed by atoms with Crippen LogP contribution in [0.1, 0.15) is 26.2 Å². The van der Waals surface area contributed by atoms with Gasteiger partial charge < -0.3 is 20.1 Å². The van der Waals surface area contributed by atoms with Gasteiger partial charge in [0.05, 0.1) is 14.2 Å². The third kappa shape index (κ3) is 5.72. The van der Waals surface area contributed by atoms with Crippen molar-refractivity contribution in [3.8, 4) is 11.5 Å². The molecular weight excluding hydrogens is 272 g/mol. The maximum Gasteiger partial charge on any atom is 0.233 e. The first-order valence-corrected chi connectivity index (χ1v) is 6.89. The van der Waals surface area contributed by atoms with Crippen LogP contribution in [0.15, 0.2) is 18.2 Å². The van der Waals surface area contributed by atoms with E-state index in [1.54, 1.807) is 18.2 Å². The number of carbonyl (C=O) groups excluding carboxylic acids is 2. The molecule has 0 spiro atoms. The molecule has 116 valence electrons. The Labute approximate surface area is 124 Å². The summed E-state index contributed by atoms with van der Waals surface area (Å²) < 4.78 is 10.3. The van der Waals surface area contributed by atoms with Gasteiger partial charge in [-0.05, 0) is 18.6 Å². The number of methoxy groups -OCH3 is 2. The zero-order valence-corrected chi connectivity index (χ0v) is 12.7. The summed E-state index contributed by atoms with van der Waals surface area (Å²) in [4.78, 5) is 23.3. The van der Waals surface area contributed by atoms with Crippen LogP contribution in [0.25, 0.3) is 0 Å². The van der Waals surface area contributed by atoms with Gasteiger partial charge in [-0.25, -0.2) is 0 Å². The summed E-state index contributed by atoms with van der Waals surface area (Å²) in [5.74, 6) is 0.452. The molecule has 6 nitrogen and oxygen atoms in total. The van der Waals surface area contributed by atoms with E-state index in [0.29, 0.717) is 23.7 Å². The van der Waals surface area contributed by atoms with Gasteiger partial charge in [0.2, 0.25) is 11.8 Å². The molecule has 1 rings (SSSR count). The van der Waals surface area contributed by atoms with E-state index in [2.05, 4.69) is 10.6 Å². The molecule has 0 aliphatic heterocycles. The predicted octanol–water partition coefficient (Wildman–Crippen LogP) is 1.95. The van der Waals surface area contributed by atoms with Crippen LogP contribution in [0.4, 0.5) is 5.69 Å². The van der Waals surface area contributed by atoms with Gasteiger partial charge in [-0.2, -0.15) is 0 Å². The van der Waals surface area contributed by atoms with E-state index in [1.807, 2.05) is 6.92 Å². The largest absolute Gasteiger partial charge is 0.493 e. The molecule has 0 atom stereocenters. The highest BCUT2D eigenvalue weighted by molar-refractivity contribution is 6.03. The summed E-state index contributed by atoms with van der Waals surface area (Å²) in [7, 11) is 3.06. The van der Waals surface area contributed by atoms with Gasteiger partial charge in [0, 0.05) is 18.3 Å². The smallest absolute Gasteiger partial charge is 0.233 e. The minimum Gasteiger partial charge on any atom is -0.493 e. The SMILES string of the molecule is CCCCNC(=O)CC(=O)Nc1ccc(OC)c(OC)c1. The lowest BCUT2D eigenvalue weighted by molar-refractivity contribution is -0.126. The number of hydrogen-bond donors (Lipinski definition) is 2. The number of nitrogens with one attached hydrogen (secondary N) is 2. The number of amides is 2. The summed E-state index contributed by atoms with van der Waals surface area (Å²) in [6.07, 6.45) is 1.71. The molecule has 21 heavy (non-hydrogen) atoms. The summed E-state index contributed by atoms with van der Waals surface area (Å²) in [5, 5.41) is 5.35. The topological polar surface area (TPSA) is 76.7 Å². The average molecular weight is 294 g/mol. The van der Waals surface area contributed by atoms with E-state index in [9.17, 15) is 9.59 Å². The zero-order chi connectivity index (χ0) is 15.7. The monoisotopic (exact) mass is 294 g/mol. The van der Waals surface area contributed by atoms with Gasteiger partial charge in [0.15, 0.2) is 11.5 Å². The minimum absolute atomic E-state index is 0.196. The van der Waals surface area contributed by atoms with Crippen molar-refractivity contribution in [2.75, 3.05) is 26.1 Å². The third-order valence-corrected chi connectivity index (χ3v) is 2.84. The predicted molar refractivity (Wildman–Crippen MR) is 80.7 cm³/mol. The van der Waals surface area contributed by atoms with Crippen molar-refractivity contribution < 1.29 is 19.1 Å². The molecular formula is C15H22N2O4. The first-order valence-electron chi connectivity index (χ1n) is 6.89. The van der Waals surface area contributed by atoms with Crippen LogP contribution in [0.2, 0.25) is 0 Å². The maximum atomic E-state index is 11.8. The number of benzene rings is 1. The molecule has 1 aromatic rings. The van der Waals surface area contributed by atoms with Gasteiger partial charge in [-0.15, -0.1) is 0 Å². The molecule has 2 N–H and O–H groups in total. The fourth-order valence-corrected chi connectivity index (χ4v) is 1.73. The highest BCUT2D eigenvalue weighted by Gasteiger charge is 2.11. The van der Waals surface area contributed by atoms with E-state index >= 15 is 0 Å². The van der Waals surface area contributed by atoms with Crippen molar-refractivity contribution in [2.24, 2.45) is 0 Å². The highest BCUT2D eigenvalue weighted by Crippen LogP contribution is 2.29. The zero-order valence-electron chi connectivity index (χ0n) is 12.7. The molecule has 0 saturated heterocycles. The second-order valence-electron chi connectivity index (χ2n) is 4.50. The van der Waals surface area contributed by atoms with E-state index in [-0.39, 0.29) is 18.2 Å². The lowest BCUT2D eigenvalue weighted by Crippen LogP contribution is -2.28. The molecule has 2 amide bonds. The van der Waals surface area contributed by atoms with Gasteiger partial charge in [-0.1, -0.05) is 13.3 Å². The average Bonchev–Trinajstić information content (AvgIpc) is 2.47. The van der Waals surface area contributed by atoms with Gasteiger partial charge in [0.25, 0.3) is 0 Å². The van der Waals surface area contributed by atoms with Gasteiger partial charge in [-0.3, -0.25) is 9.59 Å². The third-order valence-electron chi connectivity index (χ3n) is 2.84. The van der Waals surface area contributed by atoms with Crippen molar-refractivity contribution in [3.63, 3.8) is 0 Å². The molecule has 0 fully saturated rings. The second kappa shape index (κ2) is 8.84. The molecule has 1 aromatic carbocycles. The van der Waals surface area contributed by atoms with E-state index in [4.69, 9.17) is 9.47 Å². The molecule has 0 radical (unpaired) electrons. The van der Waals surface area contributed by atoms with Crippen LogP contribution < -0.4 is 20.1 Å². The number of ether oxygens (including phenoxy) is 2. The molecule has 0 saturated carbocycles. The van der Waals surface area contributed by atoms with E-state index in [1.165, 1.54) is 14.2 Å². The Kier molecular flexibility index (Phi) is 7.08. The Bertz CT molecular complexity index is 489. The van der Waals surface area contributed by atoms with Crippen molar-refractivity contribution in [1.82, 2.24) is 5.32 Å². The number of rotatable bonds is 8. The quantitative estimate of drug-likeness (QED) is 0.567. The number of unbranched alkanes of at least 4 members (excludes halogenated alkanes) is 1. The molecule has 0 aliphatic rings. The van der Waals surface area contributed by atoms with Crippen LogP contribution >= 0.6 is 0 Å². The number of hydrogen-bond acceptors (Lipinski definition) is 4. The highest BCUT2D eigenvalue weighted by atomic mass is 16.5. The fraction of sp³-hybridized carbons (Fsp3) is 0.467. The van der Waals surface area contributed by atoms with Gasteiger partial charge >= 0.3 is 0 Å². The van der Waals surface area contributed by atoms with Crippen LogP contribution in [0.5, 0.6) is 11.5 Å². The number of anilines is 1. The Morgan fingerprint density at radius 1 is 1.10 bits per heavy atom. The summed E-state index contributed by atoms with van der Waals surface area (Å²) in [6.45, 7) is 2.63. The molecule has 0 aromatic heterocycles. The minimum atomic E-state index is -0.365. The molecule has 0 heterocycles. The van der Waals surface area contributed by atoms with E-state index in [0.717, 1.165) is 12.8 Å². The maximum absolute atomic E-state index is 11.8. The van der Waals surface area contributed by atoms with E-state index < -0.39 is 0 Å². The van der Waals surface area contributed by atoms with Crippen molar-refractivity contribution in [2.45, 2.75) is 26.2 Å². The lowest BCUT2D eigenvalue weighted by atomic mass is 10.2. The Morgan fingerprint density at radius 2 is 1.81 bits per heavy atom. The molecule has 0 bridgehead atoms. The fourth-order valence-electron chi connectivity index (χ4n) is 1.73. The van der Waals surface area contributed by atoms with Crippen molar-refractivity contribution in [3.05, 3.63) is 18.2 Å². The standard InChI is InChI=1S/C15H22N2O4/c1-4-5-8-16-14(18)10-15(19)17-11-6-7-12(20-2)13(9-11)21-3/h6-7,9H,4-5,8,10H2,1-3H3,(H,16,18)(H,17,19). The summed E-state index contributed by atoms with van der Waals surface area (Å²) >= 11 is 0. The summed E-state index contributed by atoms with van der Waals surface area (Å²) in [5.41, 5.74) is 0.555. The van der Waals surface area contributed by atoms with Crippen LogP contribution in [0, 0.1) is 0 Å².